The smallest absolute Gasteiger partial charge is 0.255 e. The molecule has 0 radical (unpaired) electrons. The number of methoxy groups -OCH3 is 1. The van der Waals surface area contributed by atoms with Crippen LogP contribution in [0.3, 0.4) is 0 Å². The molecule has 4 aromatic carbocycles. The van der Waals surface area contributed by atoms with E-state index in [0.717, 1.165) is 81.0 Å². The Kier molecular flexibility index (Phi) is 12.3. The number of piperazine rings is 1. The van der Waals surface area contributed by atoms with Gasteiger partial charge in [-0.05, 0) is 122 Å². The van der Waals surface area contributed by atoms with Crippen molar-refractivity contribution in [2.24, 2.45) is 11.3 Å². The molecule has 11 rings (SSSR count). The minimum atomic E-state index is -1.17. The zero-order valence-electron chi connectivity index (χ0n) is 39.4. The molecule has 0 spiro atoms. The number of ether oxygens (including phenoxy) is 2. The van der Waals surface area contributed by atoms with Crippen LogP contribution in [0.5, 0.6) is 17.2 Å². The Hall–Kier alpha value is -7.18. The van der Waals surface area contributed by atoms with Crippen molar-refractivity contribution in [1.29, 1.82) is 0 Å². The van der Waals surface area contributed by atoms with E-state index in [1.807, 2.05) is 17.0 Å². The number of nitrogens with zero attached hydrogens (tertiary/aromatic N) is 6. The summed E-state index contributed by atoms with van der Waals surface area (Å²) in [7, 11) is 1.68. The summed E-state index contributed by atoms with van der Waals surface area (Å²) < 4.78 is 41.1. The first-order chi connectivity index (χ1) is 34.4. The van der Waals surface area contributed by atoms with Crippen LogP contribution in [0.1, 0.15) is 54.4 Å². The van der Waals surface area contributed by atoms with E-state index in [-0.39, 0.29) is 36.8 Å². The van der Waals surface area contributed by atoms with Gasteiger partial charge >= 0.3 is 0 Å². The van der Waals surface area contributed by atoms with Crippen molar-refractivity contribution in [2.75, 3.05) is 86.4 Å². The van der Waals surface area contributed by atoms with Crippen LogP contribution >= 0.6 is 0 Å². The average molecular weight is 968 g/mol. The largest absolute Gasteiger partial charge is 0.495 e. The molecule has 1 aliphatic carbocycles. The zero-order chi connectivity index (χ0) is 49.0. The number of pyridine rings is 1. The van der Waals surface area contributed by atoms with Crippen molar-refractivity contribution in [1.82, 2.24) is 25.0 Å². The lowest BCUT2D eigenvalue weighted by molar-refractivity contribution is -0.137. The van der Waals surface area contributed by atoms with Crippen LogP contribution in [0.15, 0.2) is 85.1 Å². The predicted octanol–water partition coefficient (Wildman–Crippen LogP) is 6.16. The Labute approximate surface area is 409 Å². The van der Waals surface area contributed by atoms with Crippen molar-refractivity contribution in [2.45, 2.75) is 57.2 Å². The molecule has 0 unspecified atom stereocenters. The Morgan fingerprint density at radius 3 is 2.14 bits per heavy atom. The number of halogens is 2. The molecule has 16 nitrogen and oxygen atoms in total. The number of piperidine rings is 2. The number of hydrogen-bond acceptors (Lipinski definition) is 12. The standard InChI is InChI=1S/C53H55F2N9O7/c1-70-47-26-40-42(56-17-12-46(40)71-38-8-6-36(7-9-38)58-52(69)53(15-16-53)51(68)57-35-4-2-34(54)3-5-35)27-45(47)62-18-13-32(14-19-62)28-60-20-22-61(23-21-60)37-30-63(31-37)44-24-33-29-64(50(67)39(33)25-41(44)55)43-10-11-48(65)59-49(43)66/h2-9,12,17,24-27,32,37,43H,10-11,13-16,18-23,28-31H2,1H3,(H,57,68)(H,58,69)(H,59,65,66)/t43-/m0/s1. The third-order valence-electron chi connectivity index (χ3n) is 15.3. The monoisotopic (exact) mass is 967 g/mol. The first-order valence-corrected chi connectivity index (χ1v) is 24.5. The van der Waals surface area contributed by atoms with Crippen LogP contribution < -0.4 is 35.2 Å². The Morgan fingerprint density at radius 2 is 1.48 bits per heavy atom. The summed E-state index contributed by atoms with van der Waals surface area (Å²) in [6.07, 6.45) is 5.12. The number of aromatic nitrogens is 1. The van der Waals surface area contributed by atoms with Gasteiger partial charge in [0.1, 0.15) is 40.3 Å². The van der Waals surface area contributed by atoms with Crippen LogP contribution in [0, 0.1) is 23.0 Å². The molecule has 5 amide bonds. The summed E-state index contributed by atoms with van der Waals surface area (Å²) in [4.78, 5) is 79.2. The van der Waals surface area contributed by atoms with Crippen molar-refractivity contribution < 1.29 is 42.2 Å². The van der Waals surface area contributed by atoms with Gasteiger partial charge in [-0.2, -0.15) is 0 Å². The number of fused-ring (bicyclic) bond motifs is 2. The highest BCUT2D eigenvalue weighted by Crippen LogP contribution is 2.48. The third kappa shape index (κ3) is 9.21. The van der Waals surface area contributed by atoms with E-state index >= 15 is 4.39 Å². The zero-order valence-corrected chi connectivity index (χ0v) is 39.4. The van der Waals surface area contributed by atoms with E-state index in [1.165, 1.54) is 35.2 Å². The van der Waals surface area contributed by atoms with Gasteiger partial charge in [0.2, 0.25) is 23.6 Å². The summed E-state index contributed by atoms with van der Waals surface area (Å²) >= 11 is 0. The molecule has 5 aromatic rings. The van der Waals surface area contributed by atoms with E-state index in [1.54, 1.807) is 43.6 Å². The molecule has 368 valence electrons. The molecule has 0 bridgehead atoms. The maximum Gasteiger partial charge on any atom is 0.255 e. The number of amides is 5. The molecule has 5 fully saturated rings. The molecule has 18 heteroatoms. The molecule has 3 N–H and O–H groups in total. The quantitative estimate of drug-likeness (QED) is 0.0911. The number of rotatable bonds is 13. The van der Waals surface area contributed by atoms with Gasteiger partial charge in [0, 0.05) is 106 Å². The molecular formula is C53H55F2N9O7. The first-order valence-electron chi connectivity index (χ1n) is 24.5. The van der Waals surface area contributed by atoms with Crippen molar-refractivity contribution in [3.8, 4) is 17.2 Å². The van der Waals surface area contributed by atoms with E-state index < -0.39 is 40.8 Å². The second-order valence-electron chi connectivity index (χ2n) is 19.7. The highest BCUT2D eigenvalue weighted by atomic mass is 19.1. The normalized spacial score (nSPS) is 20.6. The van der Waals surface area contributed by atoms with E-state index in [0.29, 0.717) is 72.0 Å². The molecule has 1 saturated carbocycles. The number of carbonyl (C=O) groups excluding carboxylic acids is 5. The second-order valence-corrected chi connectivity index (χ2v) is 19.7. The van der Waals surface area contributed by atoms with Gasteiger partial charge in [0.25, 0.3) is 5.91 Å². The van der Waals surface area contributed by atoms with Gasteiger partial charge in [0.15, 0.2) is 0 Å². The molecule has 4 saturated heterocycles. The van der Waals surface area contributed by atoms with Gasteiger partial charge in [0.05, 0.1) is 24.0 Å². The van der Waals surface area contributed by atoms with E-state index in [9.17, 15) is 28.4 Å². The highest BCUT2D eigenvalue weighted by molar-refractivity contribution is 6.17. The van der Waals surface area contributed by atoms with Crippen LogP contribution in [-0.4, -0.2) is 127 Å². The van der Waals surface area contributed by atoms with Crippen LogP contribution in [0.2, 0.25) is 0 Å². The minimum Gasteiger partial charge on any atom is -0.495 e. The molecular weight excluding hydrogens is 913 g/mol. The van der Waals surface area contributed by atoms with Gasteiger partial charge in [-0.25, -0.2) is 8.78 Å². The number of benzene rings is 4. The fraction of sp³-hybridized carbons (Fsp3) is 0.396. The lowest BCUT2D eigenvalue weighted by atomic mass is 9.95. The SMILES string of the molecule is COc1cc2c(Oc3ccc(NC(=O)C4(C(=O)Nc5ccc(F)cc5)CC4)cc3)ccnc2cc1N1CCC(CN2CCN(C3CN(c4cc5c(cc4F)C(=O)N([C@H]4CCC(=O)NC4=O)C5)C3)CC2)CC1. The summed E-state index contributed by atoms with van der Waals surface area (Å²) in [6, 6.07) is 20.9. The number of nitrogens with one attached hydrogen (secondary N) is 3. The van der Waals surface area contributed by atoms with Crippen molar-refractivity contribution >= 4 is 63.2 Å². The van der Waals surface area contributed by atoms with Gasteiger partial charge in [-0.3, -0.25) is 39.2 Å². The lowest BCUT2D eigenvalue weighted by Crippen LogP contribution is -2.63. The summed E-state index contributed by atoms with van der Waals surface area (Å²) in [6.45, 7) is 8.38. The fourth-order valence-corrected chi connectivity index (χ4v) is 10.8. The second kappa shape index (κ2) is 18.9. The van der Waals surface area contributed by atoms with Crippen molar-refractivity contribution in [3.63, 3.8) is 0 Å². The summed E-state index contributed by atoms with van der Waals surface area (Å²) in [5, 5.41) is 8.71. The lowest BCUT2D eigenvalue weighted by Gasteiger charge is -2.49. The van der Waals surface area contributed by atoms with E-state index in [2.05, 4.69) is 36.7 Å². The third-order valence-corrected chi connectivity index (χ3v) is 15.3. The Balaban J connectivity index is 0.641. The molecule has 6 heterocycles. The number of carbonyl (C=O) groups is 5. The van der Waals surface area contributed by atoms with Gasteiger partial charge in [-0.15, -0.1) is 0 Å². The van der Waals surface area contributed by atoms with Crippen LogP contribution in [0.25, 0.3) is 10.9 Å². The Bertz CT molecular complexity index is 2910. The van der Waals surface area contributed by atoms with Gasteiger partial charge < -0.3 is 39.7 Å². The first kappa shape index (κ1) is 46.2. The number of hydrogen-bond donors (Lipinski definition) is 3. The average Bonchev–Trinajstić information content (AvgIpc) is 4.12. The van der Waals surface area contributed by atoms with E-state index in [4.69, 9.17) is 14.5 Å². The fourth-order valence-electron chi connectivity index (χ4n) is 10.8. The molecule has 1 aromatic heterocycles. The molecule has 71 heavy (non-hydrogen) atoms. The van der Waals surface area contributed by atoms with Crippen LogP contribution in [-0.2, 0) is 25.7 Å². The Morgan fingerprint density at radius 1 is 0.789 bits per heavy atom. The molecule has 5 aliphatic heterocycles. The minimum absolute atomic E-state index is 0.172. The summed E-state index contributed by atoms with van der Waals surface area (Å²) in [5.41, 5.74) is 3.03. The maximum atomic E-state index is 15.5. The topological polar surface area (TPSA) is 169 Å². The van der Waals surface area contributed by atoms with Gasteiger partial charge in [-0.1, -0.05) is 0 Å². The molecule has 6 aliphatic rings. The summed E-state index contributed by atoms with van der Waals surface area (Å²) in [5.74, 6) is -0.383. The predicted molar refractivity (Wildman–Crippen MR) is 262 cm³/mol. The maximum absolute atomic E-state index is 15.5. The number of imide groups is 1. The van der Waals surface area contributed by atoms with Crippen molar-refractivity contribution in [3.05, 3.63) is 108 Å². The molecule has 1 atom stereocenters. The highest BCUT2D eigenvalue weighted by Gasteiger charge is 2.56. The van der Waals surface area contributed by atoms with Crippen LogP contribution in [0.4, 0.5) is 31.5 Å². The number of anilines is 4.